The highest BCUT2D eigenvalue weighted by Gasteiger charge is 2.28. The molecule has 0 aromatic heterocycles. The molecular formula is C2H5N3O2S2. The largest absolute Gasteiger partial charge is 0.722 e. The van der Waals surface area contributed by atoms with E-state index in [-0.39, 0.29) is 6.54 Å². The molecule has 52 valence electrons. The Morgan fingerprint density at radius 3 is 2.89 bits per heavy atom. The minimum Gasteiger partial charge on any atom is -0.722 e. The molecule has 1 heterocycles. The first-order valence-electron chi connectivity index (χ1n) is 2.15. The maximum Gasteiger partial charge on any atom is 0.187 e. The predicted octanol–water partition coefficient (Wildman–Crippen LogP) is -1.05. The fourth-order valence-electron chi connectivity index (χ4n) is 0.418. The molecule has 5 nitrogen and oxygen atoms in total. The molecule has 0 aromatic carbocycles. The molecule has 9 heavy (non-hydrogen) atoms. The van der Waals surface area contributed by atoms with Crippen molar-refractivity contribution in [1.82, 2.24) is 5.53 Å². The number of rotatable bonds is 1. The normalized spacial score (nSPS) is 36.2. The summed E-state index contributed by atoms with van der Waals surface area (Å²) in [6.45, 7) is 0.249. The van der Waals surface area contributed by atoms with Gasteiger partial charge in [0.25, 0.3) is 0 Å². The van der Waals surface area contributed by atoms with E-state index in [1.807, 2.05) is 0 Å². The van der Waals surface area contributed by atoms with Crippen molar-refractivity contribution < 1.29 is 12.2 Å². The van der Waals surface area contributed by atoms with Crippen LogP contribution < -0.4 is 5.53 Å². The van der Waals surface area contributed by atoms with E-state index in [4.69, 9.17) is 0 Å². The molecule has 0 radical (unpaired) electrons. The SMILES string of the molecule is O=S([O-])[N+]1(S)CC=NN1. The van der Waals surface area contributed by atoms with Crippen LogP contribution in [0.25, 0.3) is 0 Å². The van der Waals surface area contributed by atoms with Crippen LogP contribution in [0.4, 0.5) is 0 Å². The second kappa shape index (κ2) is 2.25. The number of thiol groups is 1. The minimum atomic E-state index is -2.29. The van der Waals surface area contributed by atoms with Crippen molar-refractivity contribution in [2.75, 3.05) is 6.54 Å². The van der Waals surface area contributed by atoms with Crippen molar-refractivity contribution in [1.29, 1.82) is 0 Å². The highest BCUT2D eigenvalue weighted by molar-refractivity contribution is 7.86. The molecule has 2 atom stereocenters. The van der Waals surface area contributed by atoms with Crippen LogP contribution in [0.3, 0.4) is 0 Å². The van der Waals surface area contributed by atoms with Gasteiger partial charge in [-0.05, 0) is 0 Å². The van der Waals surface area contributed by atoms with Gasteiger partial charge < -0.3 is 4.55 Å². The first-order valence-corrected chi connectivity index (χ1v) is 3.58. The second-order valence-electron chi connectivity index (χ2n) is 1.51. The van der Waals surface area contributed by atoms with Crippen LogP contribution in [0.2, 0.25) is 0 Å². The van der Waals surface area contributed by atoms with E-state index >= 15 is 0 Å². The van der Waals surface area contributed by atoms with E-state index in [1.54, 1.807) is 0 Å². The standard InChI is InChI=1S/C2H5N3O2S2/c6-9(7)5(8)2-1-3-4-5/h1,4,8H,2H2. The number of nitrogens with one attached hydrogen (secondary N) is 1. The number of hydrogen-bond acceptors (Lipinski definition) is 5. The van der Waals surface area contributed by atoms with Crippen LogP contribution >= 0.6 is 12.8 Å². The lowest BCUT2D eigenvalue weighted by Crippen LogP contribution is -2.45. The summed E-state index contributed by atoms with van der Waals surface area (Å²) in [5, 5.41) is 3.49. The molecule has 0 saturated carbocycles. The number of quaternary nitrogens is 1. The van der Waals surface area contributed by atoms with E-state index in [0.29, 0.717) is 0 Å². The molecule has 0 aromatic rings. The number of nitrogens with zero attached hydrogens (tertiary/aromatic N) is 2. The molecule has 0 aliphatic carbocycles. The van der Waals surface area contributed by atoms with Gasteiger partial charge in [-0.2, -0.15) is 0 Å². The Morgan fingerprint density at radius 2 is 2.67 bits per heavy atom. The molecular weight excluding hydrogens is 162 g/mol. The summed E-state index contributed by atoms with van der Waals surface area (Å²) in [4.78, 5) is 0. The first kappa shape index (κ1) is 7.00. The molecule has 2 unspecified atom stereocenters. The average Bonchev–Trinajstić information content (AvgIpc) is 2.16. The predicted molar refractivity (Wildman–Crippen MR) is 34.7 cm³/mol. The average molecular weight is 167 g/mol. The zero-order valence-corrected chi connectivity index (χ0v) is 6.06. The summed E-state index contributed by atoms with van der Waals surface area (Å²) in [7, 11) is 0. The van der Waals surface area contributed by atoms with E-state index in [0.717, 1.165) is 0 Å². The number of hydrogen-bond donors (Lipinski definition) is 2. The molecule has 0 spiro atoms. The van der Waals surface area contributed by atoms with Crippen LogP contribution in [0.15, 0.2) is 5.10 Å². The molecule has 0 saturated heterocycles. The lowest BCUT2D eigenvalue weighted by molar-refractivity contribution is -0.692. The van der Waals surface area contributed by atoms with Crippen LogP contribution in [0.1, 0.15) is 0 Å². The molecule has 1 aliphatic heterocycles. The zero-order chi connectivity index (χ0) is 6.91. The Kier molecular flexibility index (Phi) is 1.75. The fourth-order valence-corrected chi connectivity index (χ4v) is 0.844. The lowest BCUT2D eigenvalue weighted by Gasteiger charge is -2.23. The van der Waals surface area contributed by atoms with E-state index in [9.17, 15) is 8.76 Å². The summed E-state index contributed by atoms with van der Waals surface area (Å²) >= 11 is 1.47. The zero-order valence-electron chi connectivity index (χ0n) is 4.35. The third-order valence-electron chi connectivity index (χ3n) is 0.881. The molecule has 7 heteroatoms. The van der Waals surface area contributed by atoms with Crippen molar-refractivity contribution in [2.45, 2.75) is 0 Å². The summed E-state index contributed by atoms with van der Waals surface area (Å²) < 4.78 is 20.0. The van der Waals surface area contributed by atoms with Gasteiger partial charge in [0.15, 0.2) is 17.8 Å². The van der Waals surface area contributed by atoms with Crippen molar-refractivity contribution in [2.24, 2.45) is 5.10 Å². The van der Waals surface area contributed by atoms with Gasteiger partial charge in [-0.15, -0.1) is 10.6 Å². The van der Waals surface area contributed by atoms with Crippen molar-refractivity contribution in [3.8, 4) is 0 Å². The Hall–Kier alpha value is -0.110. The van der Waals surface area contributed by atoms with Gasteiger partial charge in [0.05, 0.1) is 6.21 Å². The van der Waals surface area contributed by atoms with Gasteiger partial charge in [-0.3, -0.25) is 0 Å². The Balaban J connectivity index is 2.66. The smallest absolute Gasteiger partial charge is 0.187 e. The molecule has 0 amide bonds. The van der Waals surface area contributed by atoms with Gasteiger partial charge in [0.2, 0.25) is 0 Å². The van der Waals surface area contributed by atoms with Crippen LogP contribution in [0, 0.1) is 0 Å². The van der Waals surface area contributed by atoms with E-state index in [1.165, 1.54) is 6.21 Å². The van der Waals surface area contributed by atoms with Crippen LogP contribution in [-0.2, 0) is 11.3 Å². The van der Waals surface area contributed by atoms with E-state index < -0.39 is 14.7 Å². The monoisotopic (exact) mass is 167 g/mol. The van der Waals surface area contributed by atoms with Crippen molar-refractivity contribution in [3.63, 3.8) is 0 Å². The van der Waals surface area contributed by atoms with E-state index in [2.05, 4.69) is 23.5 Å². The third-order valence-corrected chi connectivity index (χ3v) is 2.26. The molecule has 0 fully saturated rings. The molecule has 1 N–H and O–H groups in total. The highest BCUT2D eigenvalue weighted by atomic mass is 32.2. The first-order chi connectivity index (χ1) is 4.15. The molecule has 0 bridgehead atoms. The highest BCUT2D eigenvalue weighted by Crippen LogP contribution is 2.11. The molecule has 1 rings (SSSR count). The van der Waals surface area contributed by atoms with Crippen LogP contribution in [-0.4, -0.2) is 24.9 Å². The van der Waals surface area contributed by atoms with Crippen molar-refractivity contribution in [3.05, 3.63) is 0 Å². The summed E-state index contributed by atoms with van der Waals surface area (Å²) in [6.07, 6.45) is 1.45. The Labute approximate surface area is 60.3 Å². The summed E-state index contributed by atoms with van der Waals surface area (Å²) in [6, 6.07) is 0. The quantitative estimate of drug-likeness (QED) is 0.297. The Bertz CT molecular complexity index is 161. The van der Waals surface area contributed by atoms with Gasteiger partial charge >= 0.3 is 0 Å². The maximum atomic E-state index is 10.3. The third kappa shape index (κ3) is 1.23. The van der Waals surface area contributed by atoms with Crippen molar-refractivity contribution >= 4 is 30.3 Å². The fraction of sp³-hybridized carbons (Fsp3) is 0.500. The second-order valence-corrected chi connectivity index (χ2v) is 3.52. The lowest BCUT2D eigenvalue weighted by atomic mass is 10.8. The van der Waals surface area contributed by atoms with Gasteiger partial charge in [-0.25, -0.2) is 4.21 Å². The van der Waals surface area contributed by atoms with Gasteiger partial charge in [-0.1, -0.05) is 3.40 Å². The Morgan fingerprint density at radius 1 is 2.00 bits per heavy atom. The van der Waals surface area contributed by atoms with Crippen LogP contribution in [0.5, 0.6) is 0 Å². The van der Waals surface area contributed by atoms with Gasteiger partial charge in [0.1, 0.15) is 12.8 Å². The molecule has 1 aliphatic rings. The number of hydrazone groups is 1. The summed E-state index contributed by atoms with van der Waals surface area (Å²) in [5.41, 5.74) is 2.29. The van der Waals surface area contributed by atoms with Gasteiger partial charge in [0, 0.05) is 0 Å². The topological polar surface area (TPSA) is 64.5 Å². The minimum absolute atomic E-state index is 0.249. The maximum absolute atomic E-state index is 10.3. The summed E-state index contributed by atoms with van der Waals surface area (Å²) in [5.74, 6) is 0.